The highest BCUT2D eigenvalue weighted by Crippen LogP contribution is 2.37. The van der Waals surface area contributed by atoms with Crippen LogP contribution in [0.2, 0.25) is 0 Å². The van der Waals surface area contributed by atoms with E-state index in [1.54, 1.807) is 0 Å². The van der Waals surface area contributed by atoms with Gasteiger partial charge in [-0.1, -0.05) is 13.0 Å². The van der Waals surface area contributed by atoms with Crippen LogP contribution in [-0.2, 0) is 0 Å². The van der Waals surface area contributed by atoms with E-state index in [4.69, 9.17) is 25.5 Å². The second-order valence-electron chi connectivity index (χ2n) is 4.94. The predicted octanol–water partition coefficient (Wildman–Crippen LogP) is 4.78. The molecule has 0 aliphatic carbocycles. The van der Waals surface area contributed by atoms with Crippen molar-refractivity contribution >= 4 is 27.5 Å². The Labute approximate surface area is 130 Å². The number of hydrogen-bond donors (Lipinski definition) is 0. The zero-order valence-corrected chi connectivity index (χ0v) is 13.3. The summed E-state index contributed by atoms with van der Waals surface area (Å²) >= 11 is 9.73. The van der Waals surface area contributed by atoms with Gasteiger partial charge in [-0.15, -0.1) is 11.6 Å². The third-order valence-electron chi connectivity index (χ3n) is 3.15. The van der Waals surface area contributed by atoms with Gasteiger partial charge in [0, 0.05) is 5.92 Å². The first-order valence-corrected chi connectivity index (χ1v) is 7.65. The molecule has 2 atom stereocenters. The molecule has 2 unspecified atom stereocenters. The third kappa shape index (κ3) is 2.81. The number of halogens is 2. The van der Waals surface area contributed by atoms with E-state index < -0.39 is 0 Å². The fraction of sp³-hybridized carbons (Fsp3) is 0.333. The molecule has 0 saturated carbocycles. The molecule has 2 aromatic rings. The fourth-order valence-corrected chi connectivity index (χ4v) is 2.63. The Hall–Kier alpha value is -1.13. The van der Waals surface area contributed by atoms with Crippen LogP contribution in [0.15, 0.2) is 39.4 Å². The summed E-state index contributed by atoms with van der Waals surface area (Å²) in [5.74, 6) is 2.57. The van der Waals surface area contributed by atoms with E-state index in [1.807, 2.05) is 30.3 Å². The van der Waals surface area contributed by atoms with Gasteiger partial charge in [-0.05, 0) is 45.8 Å². The van der Waals surface area contributed by atoms with Crippen LogP contribution in [0.1, 0.15) is 23.6 Å². The maximum absolute atomic E-state index is 6.45. The minimum absolute atomic E-state index is 0.351. The van der Waals surface area contributed by atoms with E-state index >= 15 is 0 Å². The van der Waals surface area contributed by atoms with Gasteiger partial charge in [0.15, 0.2) is 16.2 Å². The average Bonchev–Trinajstić information content (AvgIpc) is 2.80. The summed E-state index contributed by atoms with van der Waals surface area (Å²) in [7, 11) is 0. The van der Waals surface area contributed by atoms with Crippen LogP contribution in [0, 0.1) is 5.92 Å². The second kappa shape index (κ2) is 5.70. The van der Waals surface area contributed by atoms with Gasteiger partial charge in [0.2, 0.25) is 0 Å². The smallest absolute Gasteiger partial charge is 0.169 e. The molecular formula is C15H14BrClO3. The number of rotatable bonds is 2. The Morgan fingerprint density at radius 1 is 1.15 bits per heavy atom. The van der Waals surface area contributed by atoms with Gasteiger partial charge in [0.25, 0.3) is 0 Å². The van der Waals surface area contributed by atoms with Crippen LogP contribution in [0.5, 0.6) is 11.5 Å². The lowest BCUT2D eigenvalue weighted by atomic mass is 10.1. The van der Waals surface area contributed by atoms with E-state index in [-0.39, 0.29) is 5.38 Å². The number of benzene rings is 1. The monoisotopic (exact) mass is 356 g/mol. The van der Waals surface area contributed by atoms with Crippen molar-refractivity contribution in [3.05, 3.63) is 46.3 Å². The quantitative estimate of drug-likeness (QED) is 0.725. The van der Waals surface area contributed by atoms with Crippen molar-refractivity contribution < 1.29 is 13.9 Å². The molecule has 1 aromatic heterocycles. The van der Waals surface area contributed by atoms with Crippen molar-refractivity contribution in [3.63, 3.8) is 0 Å². The van der Waals surface area contributed by atoms with Gasteiger partial charge in [0.05, 0.1) is 13.2 Å². The van der Waals surface area contributed by atoms with Gasteiger partial charge in [-0.25, -0.2) is 0 Å². The first kappa shape index (κ1) is 13.8. The maximum Gasteiger partial charge on any atom is 0.169 e. The second-order valence-corrected chi connectivity index (χ2v) is 6.16. The highest BCUT2D eigenvalue weighted by molar-refractivity contribution is 9.10. The summed E-state index contributed by atoms with van der Waals surface area (Å²) in [5.41, 5.74) is 0.922. The number of alkyl halides is 1. The van der Waals surface area contributed by atoms with Gasteiger partial charge in [-0.3, -0.25) is 0 Å². The van der Waals surface area contributed by atoms with Crippen molar-refractivity contribution in [2.45, 2.75) is 12.3 Å². The van der Waals surface area contributed by atoms with Gasteiger partial charge in [0.1, 0.15) is 11.1 Å². The van der Waals surface area contributed by atoms with Crippen molar-refractivity contribution in [1.82, 2.24) is 0 Å². The highest BCUT2D eigenvalue weighted by Gasteiger charge is 2.20. The highest BCUT2D eigenvalue weighted by atomic mass is 79.9. The fourth-order valence-electron chi connectivity index (χ4n) is 2.06. The lowest BCUT2D eigenvalue weighted by molar-refractivity contribution is 0.228. The lowest BCUT2D eigenvalue weighted by Gasteiger charge is -2.11. The zero-order chi connectivity index (χ0) is 14.1. The molecule has 1 aromatic carbocycles. The van der Waals surface area contributed by atoms with Crippen molar-refractivity contribution in [2.24, 2.45) is 5.92 Å². The number of fused-ring (bicyclic) bond motifs is 1. The maximum atomic E-state index is 6.45. The van der Waals surface area contributed by atoms with Gasteiger partial charge < -0.3 is 13.9 Å². The first-order chi connectivity index (χ1) is 9.63. The molecule has 0 bridgehead atoms. The zero-order valence-electron chi connectivity index (χ0n) is 10.9. The minimum atomic E-state index is -0.351. The number of furan rings is 1. The molecule has 0 fully saturated rings. The summed E-state index contributed by atoms with van der Waals surface area (Å²) in [4.78, 5) is 0. The summed E-state index contributed by atoms with van der Waals surface area (Å²) < 4.78 is 17.6. The Kier molecular flexibility index (Phi) is 3.94. The summed E-state index contributed by atoms with van der Waals surface area (Å²) in [6, 6.07) is 9.44. The van der Waals surface area contributed by atoms with E-state index in [2.05, 4.69) is 22.9 Å². The molecule has 0 radical (unpaired) electrons. The van der Waals surface area contributed by atoms with E-state index in [9.17, 15) is 0 Å². The molecule has 3 rings (SSSR count). The molecule has 106 valence electrons. The molecule has 1 aliphatic rings. The minimum Gasteiger partial charge on any atom is -0.489 e. The van der Waals surface area contributed by atoms with Crippen molar-refractivity contribution in [1.29, 1.82) is 0 Å². The topological polar surface area (TPSA) is 31.6 Å². The van der Waals surface area contributed by atoms with E-state index in [0.29, 0.717) is 29.6 Å². The van der Waals surface area contributed by atoms with E-state index in [1.165, 1.54) is 0 Å². The average molecular weight is 358 g/mol. The Morgan fingerprint density at radius 3 is 2.60 bits per heavy atom. The number of hydrogen-bond acceptors (Lipinski definition) is 3. The van der Waals surface area contributed by atoms with Gasteiger partial charge >= 0.3 is 0 Å². The van der Waals surface area contributed by atoms with Crippen LogP contribution >= 0.6 is 27.5 Å². The molecule has 0 spiro atoms. The molecule has 3 nitrogen and oxygen atoms in total. The Bertz CT molecular complexity index is 611. The molecule has 0 amide bonds. The summed E-state index contributed by atoms with van der Waals surface area (Å²) in [5, 5.41) is -0.351. The Balaban J connectivity index is 1.88. The normalized spacial score (nSPS) is 19.4. The van der Waals surface area contributed by atoms with E-state index in [0.717, 1.165) is 17.1 Å². The molecule has 1 aliphatic heterocycles. The number of ether oxygens (including phenoxy) is 2. The first-order valence-electron chi connectivity index (χ1n) is 6.42. The van der Waals surface area contributed by atoms with Crippen LogP contribution in [-0.4, -0.2) is 13.2 Å². The molecule has 0 N–H and O–H groups in total. The van der Waals surface area contributed by atoms with Crippen LogP contribution in [0.3, 0.4) is 0 Å². The molecular weight excluding hydrogens is 344 g/mol. The summed E-state index contributed by atoms with van der Waals surface area (Å²) in [6.45, 7) is 3.41. The largest absolute Gasteiger partial charge is 0.489 e. The SMILES string of the molecule is CC1COc2ccc(C(Cl)c3ccc(Br)o3)cc2OC1. The third-order valence-corrected chi connectivity index (χ3v) is 4.04. The standard InChI is InChI=1S/C15H14BrClO3/c1-9-7-18-11-3-2-10(6-13(11)19-8-9)15(17)12-4-5-14(16)20-12/h2-6,9,15H,7-8H2,1H3. The molecule has 2 heterocycles. The predicted molar refractivity (Wildman–Crippen MR) is 80.7 cm³/mol. The van der Waals surface area contributed by atoms with Crippen LogP contribution in [0.25, 0.3) is 0 Å². The van der Waals surface area contributed by atoms with Gasteiger partial charge in [-0.2, -0.15) is 0 Å². The lowest BCUT2D eigenvalue weighted by Crippen LogP contribution is -2.12. The molecule has 0 saturated heterocycles. The van der Waals surface area contributed by atoms with Crippen LogP contribution in [0.4, 0.5) is 0 Å². The van der Waals surface area contributed by atoms with Crippen molar-refractivity contribution in [3.8, 4) is 11.5 Å². The molecule has 5 heteroatoms. The molecule has 20 heavy (non-hydrogen) atoms. The summed E-state index contributed by atoms with van der Waals surface area (Å²) in [6.07, 6.45) is 0. The Morgan fingerprint density at radius 2 is 1.90 bits per heavy atom. The van der Waals surface area contributed by atoms with Crippen molar-refractivity contribution in [2.75, 3.05) is 13.2 Å². The van der Waals surface area contributed by atoms with Crippen LogP contribution < -0.4 is 9.47 Å².